The van der Waals surface area contributed by atoms with E-state index >= 15 is 0 Å². The van der Waals surface area contributed by atoms with E-state index in [1.165, 1.54) is 17.0 Å². The highest BCUT2D eigenvalue weighted by Gasteiger charge is 2.14. The van der Waals surface area contributed by atoms with Crippen LogP contribution < -0.4 is 0 Å². The molecule has 1 atom stereocenters. The lowest BCUT2D eigenvalue weighted by molar-refractivity contribution is 0.406. The smallest absolute Gasteiger partial charge is 0.123 e. The first-order valence-corrected chi connectivity index (χ1v) is 10.3. The first-order valence-electron chi connectivity index (χ1n) is 7.91. The van der Waals surface area contributed by atoms with Gasteiger partial charge < -0.3 is 4.90 Å². The average molecular weight is 374 g/mol. The lowest BCUT2D eigenvalue weighted by atomic mass is 10.0. The van der Waals surface area contributed by atoms with Crippen molar-refractivity contribution in [2.45, 2.75) is 11.4 Å². The topological polar surface area (TPSA) is 20.3 Å². The molecule has 0 aliphatic rings. The van der Waals surface area contributed by atoms with Crippen molar-refractivity contribution in [3.05, 3.63) is 65.3 Å². The Bertz CT molecular complexity index is 883. The van der Waals surface area contributed by atoms with Crippen molar-refractivity contribution in [2.75, 3.05) is 20.4 Å². The van der Waals surface area contributed by atoms with Gasteiger partial charge in [0.2, 0.25) is 0 Å². The van der Waals surface area contributed by atoms with E-state index in [1.54, 1.807) is 17.6 Å². The van der Waals surface area contributed by atoms with Gasteiger partial charge in [0.1, 0.15) is 5.82 Å². The van der Waals surface area contributed by atoms with Gasteiger partial charge in [-0.05, 0) is 55.6 Å². The van der Waals surface area contributed by atoms with Crippen LogP contribution in [0, 0.1) is 5.82 Å². The number of hydrogen-bond acceptors (Lipinski definition) is 3. The van der Waals surface area contributed by atoms with E-state index in [-0.39, 0.29) is 5.82 Å². The quantitative estimate of drug-likeness (QED) is 0.626. The van der Waals surface area contributed by atoms with Gasteiger partial charge in [-0.3, -0.25) is 4.21 Å². The Kier molecular flexibility index (Phi) is 5.47. The Balaban J connectivity index is 2.08. The Morgan fingerprint density at radius 1 is 1.00 bits per heavy atom. The van der Waals surface area contributed by atoms with E-state index in [4.69, 9.17) is 0 Å². The summed E-state index contributed by atoms with van der Waals surface area (Å²) < 4.78 is 24.9. The van der Waals surface area contributed by atoms with E-state index in [0.29, 0.717) is 0 Å². The monoisotopic (exact) mass is 373 g/mol. The summed E-state index contributed by atoms with van der Waals surface area (Å²) in [4.78, 5) is 5.33. The number of thiophene rings is 1. The highest BCUT2D eigenvalue weighted by Crippen LogP contribution is 2.40. The van der Waals surface area contributed by atoms with Gasteiger partial charge in [-0.25, -0.2) is 4.39 Å². The molecule has 0 saturated heterocycles. The second kappa shape index (κ2) is 7.60. The van der Waals surface area contributed by atoms with Gasteiger partial charge in [-0.15, -0.1) is 11.3 Å². The predicted molar refractivity (Wildman–Crippen MR) is 105 cm³/mol. The minimum Gasteiger partial charge on any atom is -0.304 e. The van der Waals surface area contributed by atoms with E-state index in [2.05, 4.69) is 11.0 Å². The maximum Gasteiger partial charge on any atom is 0.123 e. The molecule has 2 nitrogen and oxygen atoms in total. The largest absolute Gasteiger partial charge is 0.304 e. The van der Waals surface area contributed by atoms with Gasteiger partial charge >= 0.3 is 0 Å². The molecule has 0 radical (unpaired) electrons. The Morgan fingerprint density at radius 3 is 2.16 bits per heavy atom. The molecular formula is C20H20FNOS2. The zero-order valence-corrected chi connectivity index (χ0v) is 16.1. The Morgan fingerprint density at radius 2 is 1.60 bits per heavy atom. The van der Waals surface area contributed by atoms with Crippen LogP contribution in [0.25, 0.3) is 21.6 Å². The highest BCUT2D eigenvalue weighted by atomic mass is 32.2. The van der Waals surface area contributed by atoms with Crippen LogP contribution in [0.4, 0.5) is 4.39 Å². The SMILES string of the molecule is CN(C)Cc1cc(-c2ccc(S(C)=O)cc2)c(-c2ccc(F)cc2)s1. The first kappa shape index (κ1) is 18.0. The molecule has 0 spiro atoms. The van der Waals surface area contributed by atoms with Crippen LogP contribution in [-0.2, 0) is 17.3 Å². The summed E-state index contributed by atoms with van der Waals surface area (Å²) >= 11 is 1.73. The van der Waals surface area contributed by atoms with Crippen LogP contribution in [0.15, 0.2) is 59.5 Å². The number of nitrogens with zero attached hydrogens (tertiary/aromatic N) is 1. The van der Waals surface area contributed by atoms with Crippen LogP contribution in [-0.4, -0.2) is 29.5 Å². The average Bonchev–Trinajstić information content (AvgIpc) is 2.98. The van der Waals surface area contributed by atoms with Crippen molar-refractivity contribution in [1.29, 1.82) is 0 Å². The first-order chi connectivity index (χ1) is 11.9. The summed E-state index contributed by atoms with van der Waals surface area (Å²) in [5.74, 6) is -0.231. The lowest BCUT2D eigenvalue weighted by Crippen LogP contribution is -2.09. The molecule has 0 saturated carbocycles. The normalized spacial score (nSPS) is 12.5. The molecule has 0 aliphatic carbocycles. The van der Waals surface area contributed by atoms with Gasteiger partial charge in [0, 0.05) is 43.8 Å². The third-order valence-corrected chi connectivity index (χ3v) is 5.96. The van der Waals surface area contributed by atoms with Crippen LogP contribution in [0.1, 0.15) is 4.88 Å². The molecule has 0 fully saturated rings. The molecule has 3 rings (SSSR count). The standard InChI is InChI=1S/C20H20FNOS2/c1-22(2)13-17-12-19(14-6-10-18(11-7-14)25(3)23)20(24-17)15-4-8-16(21)9-5-15/h4-12H,13H2,1-3H3. The lowest BCUT2D eigenvalue weighted by Gasteiger charge is -2.06. The van der Waals surface area contributed by atoms with Gasteiger partial charge in [0.25, 0.3) is 0 Å². The molecule has 0 N–H and O–H groups in total. The van der Waals surface area contributed by atoms with Gasteiger partial charge in [0.05, 0.1) is 0 Å². The molecule has 130 valence electrons. The van der Waals surface area contributed by atoms with Crippen molar-refractivity contribution < 1.29 is 8.60 Å². The fraction of sp³-hybridized carbons (Fsp3) is 0.200. The van der Waals surface area contributed by atoms with Crippen molar-refractivity contribution in [3.63, 3.8) is 0 Å². The molecule has 1 aromatic heterocycles. The van der Waals surface area contributed by atoms with Crippen molar-refractivity contribution in [3.8, 4) is 21.6 Å². The summed E-state index contributed by atoms with van der Waals surface area (Å²) in [6.07, 6.45) is 1.68. The molecule has 25 heavy (non-hydrogen) atoms. The van der Waals surface area contributed by atoms with E-state index in [0.717, 1.165) is 33.0 Å². The Hall–Kier alpha value is -1.82. The summed E-state index contributed by atoms with van der Waals surface area (Å²) in [5.41, 5.74) is 3.21. The van der Waals surface area contributed by atoms with Gasteiger partial charge in [0.15, 0.2) is 0 Å². The number of rotatable bonds is 5. The zero-order valence-electron chi connectivity index (χ0n) is 14.5. The van der Waals surface area contributed by atoms with E-state index < -0.39 is 10.8 Å². The molecular weight excluding hydrogens is 353 g/mol. The summed E-state index contributed by atoms with van der Waals surface area (Å²) in [6.45, 7) is 0.857. The number of hydrogen-bond donors (Lipinski definition) is 0. The van der Waals surface area contributed by atoms with E-state index in [9.17, 15) is 8.60 Å². The molecule has 0 bridgehead atoms. The summed E-state index contributed by atoms with van der Waals surface area (Å²) in [6, 6.07) is 16.6. The molecule has 1 unspecified atom stereocenters. The maximum atomic E-state index is 13.3. The Labute approximate surface area is 154 Å². The summed E-state index contributed by atoms with van der Waals surface area (Å²) in [7, 11) is 3.10. The molecule has 3 aromatic rings. The van der Waals surface area contributed by atoms with Crippen molar-refractivity contribution >= 4 is 22.1 Å². The molecule has 2 aromatic carbocycles. The zero-order chi connectivity index (χ0) is 18.0. The minimum absolute atomic E-state index is 0.231. The third kappa shape index (κ3) is 4.24. The van der Waals surface area contributed by atoms with Crippen LogP contribution in [0.3, 0.4) is 0 Å². The third-order valence-electron chi connectivity index (χ3n) is 3.86. The highest BCUT2D eigenvalue weighted by molar-refractivity contribution is 7.84. The van der Waals surface area contributed by atoms with Gasteiger partial charge in [-0.1, -0.05) is 24.3 Å². The molecule has 0 amide bonds. The number of halogens is 1. The summed E-state index contributed by atoms with van der Waals surface area (Å²) in [5, 5.41) is 0. The molecule has 1 heterocycles. The van der Waals surface area contributed by atoms with Crippen molar-refractivity contribution in [1.82, 2.24) is 4.90 Å². The van der Waals surface area contributed by atoms with E-state index in [1.807, 2.05) is 50.5 Å². The van der Waals surface area contributed by atoms with Crippen LogP contribution in [0.5, 0.6) is 0 Å². The maximum absolute atomic E-state index is 13.3. The second-order valence-corrected chi connectivity index (χ2v) is 8.70. The number of benzene rings is 2. The van der Waals surface area contributed by atoms with Crippen molar-refractivity contribution in [2.24, 2.45) is 0 Å². The fourth-order valence-electron chi connectivity index (χ4n) is 2.69. The van der Waals surface area contributed by atoms with Crippen LogP contribution >= 0.6 is 11.3 Å². The minimum atomic E-state index is -0.986. The fourth-order valence-corrected chi connectivity index (χ4v) is 4.51. The molecule has 0 aliphatic heterocycles. The van der Waals surface area contributed by atoms with Gasteiger partial charge in [-0.2, -0.15) is 0 Å². The predicted octanol–water partition coefficient (Wildman–Crippen LogP) is 5.02. The van der Waals surface area contributed by atoms with Crippen LogP contribution in [0.2, 0.25) is 0 Å². The molecule has 5 heteroatoms. The second-order valence-electron chi connectivity index (χ2n) is 6.18.